The number of hydrogen-bond acceptors (Lipinski definition) is 5. The first-order valence-corrected chi connectivity index (χ1v) is 14.6. The Bertz CT molecular complexity index is 1590. The minimum atomic E-state index is -4.56. The second-order valence-corrected chi connectivity index (χ2v) is 11.1. The van der Waals surface area contributed by atoms with Gasteiger partial charge in [0.25, 0.3) is 0 Å². The van der Waals surface area contributed by atoms with E-state index in [1.807, 2.05) is 24.3 Å². The molecule has 5 rings (SSSR count). The number of likely N-dealkylation sites (tertiary alicyclic amines) is 1. The Hall–Kier alpha value is -4.64. The smallest absolute Gasteiger partial charge is 0.416 e. The number of aldehydes is 1. The average molecular weight is 640 g/mol. The molecule has 4 atom stereocenters. The van der Waals surface area contributed by atoms with E-state index in [2.05, 4.69) is 5.32 Å². The van der Waals surface area contributed by atoms with Gasteiger partial charge in [-0.3, -0.25) is 14.5 Å². The van der Waals surface area contributed by atoms with Crippen LogP contribution in [0.3, 0.4) is 0 Å². The van der Waals surface area contributed by atoms with E-state index in [4.69, 9.17) is 16.3 Å². The lowest BCUT2D eigenvalue weighted by Gasteiger charge is -2.53. The zero-order valence-electron chi connectivity index (χ0n) is 23.8. The second kappa shape index (κ2) is 13.6. The monoisotopic (exact) mass is 639 g/mol. The number of β-lactam (4-membered cyclic amide) rings is 1. The van der Waals surface area contributed by atoms with Crippen LogP contribution in [-0.4, -0.2) is 58.7 Å². The summed E-state index contributed by atoms with van der Waals surface area (Å²) in [6.07, 6.45) is -3.19. The van der Waals surface area contributed by atoms with Gasteiger partial charge in [0.15, 0.2) is 0 Å². The summed E-state index contributed by atoms with van der Waals surface area (Å²) < 4.78 is 45.0. The Balaban J connectivity index is 1.47. The van der Waals surface area contributed by atoms with Gasteiger partial charge in [-0.25, -0.2) is 4.79 Å². The highest BCUT2D eigenvalue weighted by Crippen LogP contribution is 2.42. The molecule has 2 fully saturated rings. The largest absolute Gasteiger partial charge is 0.447 e. The highest BCUT2D eigenvalue weighted by atomic mass is 35.5. The Kier molecular flexibility index (Phi) is 9.57. The van der Waals surface area contributed by atoms with Crippen molar-refractivity contribution in [2.24, 2.45) is 0 Å². The van der Waals surface area contributed by atoms with Crippen molar-refractivity contribution in [3.8, 4) is 0 Å². The third-order valence-corrected chi connectivity index (χ3v) is 8.14. The average Bonchev–Trinajstić information content (AvgIpc) is 3.41. The van der Waals surface area contributed by atoms with Gasteiger partial charge in [0.1, 0.15) is 25.0 Å². The molecule has 12 heteroatoms. The highest BCUT2D eigenvalue weighted by molar-refractivity contribution is 6.33. The first kappa shape index (κ1) is 31.8. The van der Waals surface area contributed by atoms with Crippen LogP contribution in [0.25, 0.3) is 6.08 Å². The third kappa shape index (κ3) is 6.88. The fraction of sp³-hybridized carbons (Fsp3) is 0.273. The normalized spacial score (nSPS) is 20.8. The van der Waals surface area contributed by atoms with Crippen LogP contribution in [0.15, 0.2) is 90.0 Å². The Morgan fingerprint density at radius 1 is 1.02 bits per heavy atom. The predicted octanol–water partition coefficient (Wildman–Crippen LogP) is 5.72. The van der Waals surface area contributed by atoms with Crippen molar-refractivity contribution in [3.05, 3.63) is 112 Å². The molecule has 0 aliphatic carbocycles. The minimum Gasteiger partial charge on any atom is -0.447 e. The fourth-order valence-electron chi connectivity index (χ4n) is 5.65. The molecular weight excluding hydrogens is 611 g/mol. The number of ether oxygens (including phenoxy) is 1. The summed E-state index contributed by atoms with van der Waals surface area (Å²) in [5.41, 5.74) is 0.788. The van der Waals surface area contributed by atoms with E-state index in [9.17, 15) is 32.3 Å². The molecule has 0 bridgehead atoms. The topological polar surface area (TPSA) is 96.0 Å². The SMILES string of the molecule is O=CCC[C@@H](C(=O)NCc1cccc(C(F)(F)F)c1)N1C(=O)C(N2C(=O)OCC2c2ccccc2)C1/C(Cl)=C/c1ccccc1. The van der Waals surface area contributed by atoms with Crippen LogP contribution in [0.5, 0.6) is 0 Å². The van der Waals surface area contributed by atoms with Crippen LogP contribution in [0.1, 0.15) is 41.1 Å². The maximum Gasteiger partial charge on any atom is 0.416 e. The van der Waals surface area contributed by atoms with Gasteiger partial charge in [0, 0.05) is 18.0 Å². The van der Waals surface area contributed by atoms with Crippen molar-refractivity contribution in [1.82, 2.24) is 15.1 Å². The molecule has 8 nitrogen and oxygen atoms in total. The number of cyclic esters (lactones) is 1. The van der Waals surface area contributed by atoms with E-state index >= 15 is 0 Å². The van der Waals surface area contributed by atoms with Crippen LogP contribution >= 0.6 is 11.6 Å². The van der Waals surface area contributed by atoms with E-state index in [0.29, 0.717) is 11.8 Å². The number of halogens is 4. The van der Waals surface area contributed by atoms with Gasteiger partial charge in [0.05, 0.1) is 17.6 Å². The molecule has 0 radical (unpaired) electrons. The van der Waals surface area contributed by atoms with Gasteiger partial charge in [-0.1, -0.05) is 84.4 Å². The summed E-state index contributed by atoms with van der Waals surface area (Å²) in [6, 6.07) is 18.7. The molecule has 234 valence electrons. The number of alkyl halides is 3. The van der Waals surface area contributed by atoms with Crippen LogP contribution in [0.4, 0.5) is 18.0 Å². The summed E-state index contributed by atoms with van der Waals surface area (Å²) in [7, 11) is 0. The molecule has 0 spiro atoms. The Labute approximate surface area is 262 Å². The van der Waals surface area contributed by atoms with Crippen molar-refractivity contribution in [1.29, 1.82) is 0 Å². The number of amides is 3. The van der Waals surface area contributed by atoms with Gasteiger partial charge in [-0.15, -0.1) is 0 Å². The van der Waals surface area contributed by atoms with Crippen LogP contribution in [0.2, 0.25) is 0 Å². The summed E-state index contributed by atoms with van der Waals surface area (Å²) in [4.78, 5) is 54.6. The zero-order valence-corrected chi connectivity index (χ0v) is 24.6. The van der Waals surface area contributed by atoms with Crippen LogP contribution in [-0.2, 0) is 31.8 Å². The van der Waals surface area contributed by atoms with E-state index in [0.717, 1.165) is 17.7 Å². The molecular formula is C33H29ClF3N3O5. The lowest BCUT2D eigenvalue weighted by Crippen LogP contribution is -2.75. The standard InChI is InChI=1S/C33H29ClF3N3O5/c34-25(18-21-9-3-1-4-10-21)28-29(40-27(20-45-32(40)44)23-12-5-2-6-13-23)31(43)39(28)26(15-8-16-41)30(42)38-19-22-11-7-14-24(17-22)33(35,36)37/h1-7,9-14,16-18,26-29H,8,15,19-20H2,(H,38,42)/b25-18-/t26-,27?,28?,29?/m0/s1. The van der Waals surface area contributed by atoms with Gasteiger partial charge >= 0.3 is 12.3 Å². The fourth-order valence-corrected chi connectivity index (χ4v) is 6.00. The number of nitrogens with one attached hydrogen (secondary N) is 1. The lowest BCUT2D eigenvalue weighted by atomic mass is 9.87. The first-order chi connectivity index (χ1) is 21.6. The molecule has 0 saturated carbocycles. The summed E-state index contributed by atoms with van der Waals surface area (Å²) in [6.45, 7) is -0.246. The van der Waals surface area contributed by atoms with Crippen molar-refractivity contribution < 1.29 is 37.1 Å². The van der Waals surface area contributed by atoms with Gasteiger partial charge in [0.2, 0.25) is 11.8 Å². The zero-order chi connectivity index (χ0) is 32.1. The van der Waals surface area contributed by atoms with E-state index in [1.165, 1.54) is 21.9 Å². The summed E-state index contributed by atoms with van der Waals surface area (Å²) in [5, 5.41) is 2.78. The number of hydrogen-bond donors (Lipinski definition) is 1. The van der Waals surface area contributed by atoms with Crippen molar-refractivity contribution in [3.63, 3.8) is 0 Å². The van der Waals surface area contributed by atoms with Crippen molar-refractivity contribution in [2.45, 2.75) is 49.7 Å². The summed E-state index contributed by atoms with van der Waals surface area (Å²) in [5.74, 6) is -1.26. The van der Waals surface area contributed by atoms with E-state index < -0.39 is 53.8 Å². The van der Waals surface area contributed by atoms with E-state index in [-0.39, 0.29) is 36.6 Å². The number of carbonyl (C=O) groups excluding carboxylic acids is 4. The minimum absolute atomic E-state index is 0.00537. The molecule has 0 aromatic heterocycles. The van der Waals surface area contributed by atoms with Crippen LogP contribution in [0, 0.1) is 0 Å². The number of carbonyl (C=O) groups is 4. The summed E-state index contributed by atoms with van der Waals surface area (Å²) >= 11 is 6.89. The van der Waals surface area contributed by atoms with Gasteiger partial charge in [-0.2, -0.15) is 13.2 Å². The van der Waals surface area contributed by atoms with Gasteiger partial charge in [-0.05, 0) is 41.3 Å². The molecule has 1 N–H and O–H groups in total. The molecule has 3 aromatic carbocycles. The van der Waals surface area contributed by atoms with Crippen LogP contribution < -0.4 is 5.32 Å². The first-order valence-electron chi connectivity index (χ1n) is 14.2. The second-order valence-electron chi connectivity index (χ2n) is 10.7. The number of benzene rings is 3. The molecule has 2 heterocycles. The quantitative estimate of drug-likeness (QED) is 0.214. The maximum absolute atomic E-state index is 14.0. The third-order valence-electron chi connectivity index (χ3n) is 7.81. The maximum atomic E-state index is 14.0. The number of nitrogens with zero attached hydrogens (tertiary/aromatic N) is 2. The predicted molar refractivity (Wildman–Crippen MR) is 159 cm³/mol. The van der Waals surface area contributed by atoms with Crippen molar-refractivity contribution >= 4 is 41.9 Å². The molecule has 45 heavy (non-hydrogen) atoms. The Morgan fingerprint density at radius 2 is 1.71 bits per heavy atom. The molecule has 2 saturated heterocycles. The van der Waals surface area contributed by atoms with Crippen molar-refractivity contribution in [2.75, 3.05) is 6.61 Å². The van der Waals surface area contributed by atoms with Gasteiger partial charge < -0.3 is 19.7 Å². The lowest BCUT2D eigenvalue weighted by molar-refractivity contribution is -0.163. The van der Waals surface area contributed by atoms with E-state index in [1.54, 1.807) is 42.5 Å². The molecule has 2 aliphatic rings. The molecule has 3 aromatic rings. The number of rotatable bonds is 11. The molecule has 3 amide bonds. The molecule has 2 aliphatic heterocycles. The molecule has 3 unspecified atom stereocenters. The highest BCUT2D eigenvalue weighted by Gasteiger charge is 2.59. The Morgan fingerprint density at radius 3 is 2.38 bits per heavy atom.